The van der Waals surface area contributed by atoms with Gasteiger partial charge in [-0.05, 0) is 32.6 Å². The van der Waals surface area contributed by atoms with Crippen molar-refractivity contribution in [2.45, 2.75) is 85.3 Å². The molecule has 0 aromatic rings. The van der Waals surface area contributed by atoms with Gasteiger partial charge in [-0.3, -0.25) is 4.79 Å². The van der Waals surface area contributed by atoms with Gasteiger partial charge in [0.2, 0.25) is 5.91 Å². The number of nitrogens with zero attached hydrogens (tertiary/aromatic N) is 2. The summed E-state index contributed by atoms with van der Waals surface area (Å²) in [7, 11) is 0. The van der Waals surface area contributed by atoms with Gasteiger partial charge in [-0.1, -0.05) is 52.6 Å². The van der Waals surface area contributed by atoms with Crippen LogP contribution < -0.4 is 0 Å². The fourth-order valence-electron chi connectivity index (χ4n) is 2.81. The van der Waals surface area contributed by atoms with Crippen molar-refractivity contribution in [3.63, 3.8) is 0 Å². The van der Waals surface area contributed by atoms with Crippen molar-refractivity contribution < 1.29 is 19.7 Å². The van der Waals surface area contributed by atoms with Crippen LogP contribution in [-0.2, 0) is 9.53 Å². The molecule has 1 amide bonds. The molecule has 0 radical (unpaired) electrons. The summed E-state index contributed by atoms with van der Waals surface area (Å²) in [6, 6.07) is 0. The van der Waals surface area contributed by atoms with Gasteiger partial charge in [0.15, 0.2) is 0 Å². The van der Waals surface area contributed by atoms with Crippen LogP contribution in [0, 0.1) is 16.2 Å². The number of aliphatic hydroxyl groups is 2. The molecule has 0 unspecified atom stereocenters. The lowest BCUT2D eigenvalue weighted by molar-refractivity contribution is -0.153. The minimum atomic E-state index is -1.37. The monoisotopic (exact) mass is 402 g/mol. The number of ether oxygens (including phenoxy) is 1. The molecule has 166 valence electrons. The van der Waals surface area contributed by atoms with E-state index in [0.29, 0.717) is 25.5 Å². The van der Waals surface area contributed by atoms with Gasteiger partial charge in [0.1, 0.15) is 12.1 Å². The third-order valence-corrected chi connectivity index (χ3v) is 5.92. The number of aliphatic hydroxyl groups excluding tert-OH is 2. The maximum absolute atomic E-state index is 13.4. The standard InChI is InChI=1S/C21H42N2O5/c1-8-9-10-12-23(21(15-24,16-25)14-22-27)18(26)19(4,5)11-13-28-20(6,7)17(2)3/h17,24-25H,8-16H2,1-7H3. The minimum Gasteiger partial charge on any atom is -0.394 e. The lowest BCUT2D eigenvalue weighted by atomic mass is 9.85. The second kappa shape index (κ2) is 11.8. The van der Waals surface area contributed by atoms with E-state index in [4.69, 9.17) is 4.74 Å². The summed E-state index contributed by atoms with van der Waals surface area (Å²) in [5.74, 6) is 0.133. The molecule has 0 bridgehead atoms. The Morgan fingerprint density at radius 3 is 2.11 bits per heavy atom. The highest BCUT2D eigenvalue weighted by Gasteiger charge is 2.44. The fourth-order valence-corrected chi connectivity index (χ4v) is 2.81. The maximum atomic E-state index is 13.4. The van der Waals surface area contributed by atoms with E-state index < -0.39 is 24.2 Å². The second-order valence-electron chi connectivity index (χ2n) is 9.23. The third-order valence-electron chi connectivity index (χ3n) is 5.92. The lowest BCUT2D eigenvalue weighted by Crippen LogP contribution is -2.61. The summed E-state index contributed by atoms with van der Waals surface area (Å²) in [5, 5.41) is 22.7. The number of amides is 1. The largest absolute Gasteiger partial charge is 0.394 e. The lowest BCUT2D eigenvalue weighted by Gasteiger charge is -2.44. The van der Waals surface area contributed by atoms with Crippen LogP contribution >= 0.6 is 0 Å². The molecule has 2 N–H and O–H groups in total. The molecule has 0 aliphatic carbocycles. The van der Waals surface area contributed by atoms with Crippen LogP contribution in [0.15, 0.2) is 5.18 Å². The number of nitroso groups, excluding NO2 is 1. The first-order valence-electron chi connectivity index (χ1n) is 10.4. The average Bonchev–Trinajstić information content (AvgIpc) is 2.63. The molecule has 0 saturated heterocycles. The number of rotatable bonds is 15. The molecule has 7 nitrogen and oxygen atoms in total. The highest BCUT2D eigenvalue weighted by Crippen LogP contribution is 2.30. The minimum absolute atomic E-state index is 0.207. The van der Waals surface area contributed by atoms with Crippen LogP contribution in [0.4, 0.5) is 0 Å². The maximum Gasteiger partial charge on any atom is 0.229 e. The van der Waals surface area contributed by atoms with Gasteiger partial charge in [0.05, 0.1) is 18.8 Å². The van der Waals surface area contributed by atoms with Gasteiger partial charge in [0, 0.05) is 18.6 Å². The third kappa shape index (κ3) is 7.41. The molecule has 0 heterocycles. The highest BCUT2D eigenvalue weighted by atomic mass is 16.5. The van der Waals surface area contributed by atoms with Crippen LogP contribution in [0.1, 0.15) is 74.1 Å². The SMILES string of the molecule is CCCCCN(C(=O)C(C)(C)CCOC(C)(C)C(C)C)C(CO)(CO)CN=O. The number of hydrogen-bond donors (Lipinski definition) is 2. The van der Waals surface area contributed by atoms with Gasteiger partial charge in [-0.15, -0.1) is 0 Å². The normalized spacial score (nSPS) is 13.1. The molecule has 0 aliphatic heterocycles. The van der Waals surface area contributed by atoms with Crippen LogP contribution in [0.5, 0.6) is 0 Å². The van der Waals surface area contributed by atoms with Crippen molar-refractivity contribution >= 4 is 5.91 Å². The molecule has 0 spiro atoms. The Morgan fingerprint density at radius 2 is 1.68 bits per heavy atom. The summed E-state index contributed by atoms with van der Waals surface area (Å²) < 4.78 is 6.00. The van der Waals surface area contributed by atoms with Crippen LogP contribution in [0.2, 0.25) is 0 Å². The molecule has 7 heteroatoms. The van der Waals surface area contributed by atoms with Gasteiger partial charge < -0.3 is 19.8 Å². The molecule has 0 fully saturated rings. The van der Waals surface area contributed by atoms with Crippen molar-refractivity contribution in [2.75, 3.05) is 32.9 Å². The van der Waals surface area contributed by atoms with Crippen molar-refractivity contribution in [3.8, 4) is 0 Å². The van der Waals surface area contributed by atoms with E-state index in [0.717, 1.165) is 19.3 Å². The zero-order valence-corrected chi connectivity index (χ0v) is 19.0. The smallest absolute Gasteiger partial charge is 0.229 e. The topological polar surface area (TPSA) is 99.4 Å². The summed E-state index contributed by atoms with van der Waals surface area (Å²) in [4.78, 5) is 25.8. The van der Waals surface area contributed by atoms with E-state index in [2.05, 4.69) is 25.9 Å². The number of carbonyl (C=O) groups excluding carboxylic acids is 1. The van der Waals surface area contributed by atoms with Crippen molar-refractivity contribution in [1.82, 2.24) is 4.90 Å². The molecule has 0 saturated carbocycles. The Morgan fingerprint density at radius 1 is 1.11 bits per heavy atom. The zero-order chi connectivity index (χ0) is 22.0. The summed E-state index contributed by atoms with van der Waals surface area (Å²) in [6.45, 7) is 13.4. The first-order chi connectivity index (χ1) is 12.9. The Balaban J connectivity index is 5.44. The number of hydrogen-bond acceptors (Lipinski definition) is 6. The first-order valence-corrected chi connectivity index (χ1v) is 10.4. The van der Waals surface area contributed by atoms with Gasteiger partial charge >= 0.3 is 0 Å². The number of unbranched alkanes of at least 4 members (excludes halogenated alkanes) is 2. The first kappa shape index (κ1) is 27.0. The van der Waals surface area contributed by atoms with Gasteiger partial charge in [-0.2, -0.15) is 4.91 Å². The van der Waals surface area contributed by atoms with E-state index in [-0.39, 0.29) is 18.1 Å². The highest BCUT2D eigenvalue weighted by molar-refractivity contribution is 5.82. The van der Waals surface area contributed by atoms with Crippen molar-refractivity contribution in [1.29, 1.82) is 0 Å². The Hall–Kier alpha value is -1.05. The molecular formula is C21H42N2O5. The summed E-state index contributed by atoms with van der Waals surface area (Å²) in [5.41, 5.74) is -2.43. The quantitative estimate of drug-likeness (QED) is 0.323. The Kier molecular flexibility index (Phi) is 11.4. The van der Waals surface area contributed by atoms with E-state index >= 15 is 0 Å². The van der Waals surface area contributed by atoms with Crippen LogP contribution in [-0.4, -0.2) is 65.1 Å². The van der Waals surface area contributed by atoms with Gasteiger partial charge in [-0.25, -0.2) is 0 Å². The van der Waals surface area contributed by atoms with Crippen LogP contribution in [0.3, 0.4) is 0 Å². The summed E-state index contributed by atoms with van der Waals surface area (Å²) in [6.07, 6.45) is 3.11. The van der Waals surface area contributed by atoms with Gasteiger partial charge in [0.25, 0.3) is 0 Å². The van der Waals surface area contributed by atoms with E-state index in [1.54, 1.807) is 0 Å². The molecule has 0 aliphatic rings. The molecule has 0 atom stereocenters. The van der Waals surface area contributed by atoms with Crippen molar-refractivity contribution in [2.24, 2.45) is 16.5 Å². The Labute approximate surface area is 170 Å². The Bertz CT molecular complexity index is 473. The van der Waals surface area contributed by atoms with Crippen LogP contribution in [0.25, 0.3) is 0 Å². The molecule has 28 heavy (non-hydrogen) atoms. The molecular weight excluding hydrogens is 360 g/mol. The molecule has 0 aromatic carbocycles. The average molecular weight is 403 g/mol. The van der Waals surface area contributed by atoms with E-state index in [1.807, 2.05) is 27.7 Å². The predicted molar refractivity (Wildman–Crippen MR) is 112 cm³/mol. The van der Waals surface area contributed by atoms with E-state index in [9.17, 15) is 19.9 Å². The fraction of sp³-hybridized carbons (Fsp3) is 0.952. The second-order valence-corrected chi connectivity index (χ2v) is 9.23. The molecule has 0 rings (SSSR count). The zero-order valence-electron chi connectivity index (χ0n) is 19.0. The predicted octanol–water partition coefficient (Wildman–Crippen LogP) is 3.36. The number of carbonyl (C=O) groups is 1. The summed E-state index contributed by atoms with van der Waals surface area (Å²) >= 11 is 0. The van der Waals surface area contributed by atoms with E-state index in [1.165, 1.54) is 4.90 Å². The molecule has 0 aromatic heterocycles. The van der Waals surface area contributed by atoms with Crippen molar-refractivity contribution in [3.05, 3.63) is 4.91 Å².